The smallest absolute Gasteiger partial charge is 0.359 e. The van der Waals surface area contributed by atoms with Gasteiger partial charge >= 0.3 is 7.60 Å². The molecular formula is C16H25N4O8P. The molecule has 0 amide bonds. The van der Waals surface area contributed by atoms with Crippen molar-refractivity contribution in [3.63, 3.8) is 0 Å². The van der Waals surface area contributed by atoms with Crippen molar-refractivity contribution in [2.24, 2.45) is 0 Å². The van der Waals surface area contributed by atoms with Gasteiger partial charge in [0.05, 0.1) is 12.0 Å². The number of aromatic amines is 1. The van der Waals surface area contributed by atoms with E-state index < -0.39 is 49.6 Å². The minimum atomic E-state index is -4.44. The van der Waals surface area contributed by atoms with Crippen LogP contribution >= 0.6 is 7.60 Å². The summed E-state index contributed by atoms with van der Waals surface area (Å²) in [6, 6.07) is 1.46. The van der Waals surface area contributed by atoms with Crippen molar-refractivity contribution < 1.29 is 34.0 Å². The van der Waals surface area contributed by atoms with E-state index in [-0.39, 0.29) is 29.8 Å². The van der Waals surface area contributed by atoms with Crippen molar-refractivity contribution in [1.29, 1.82) is 0 Å². The SMILES string of the molecule is CCC(O)(CC)P(=O)(O)OC[C@H]1O[C@@H](n2ccc3c(=O)[nH]c(N)nc32)[C@H](O)[C@@H]1O. The molecule has 0 aliphatic carbocycles. The summed E-state index contributed by atoms with van der Waals surface area (Å²) in [7, 11) is -4.44. The number of nitrogens with two attached hydrogens (primary N) is 1. The first-order chi connectivity index (χ1) is 13.5. The summed E-state index contributed by atoms with van der Waals surface area (Å²) in [5, 5.41) is 29.3. The van der Waals surface area contributed by atoms with E-state index in [0.717, 1.165) is 0 Å². The fourth-order valence-electron chi connectivity index (χ4n) is 3.31. The van der Waals surface area contributed by atoms with Crippen molar-refractivity contribution in [2.45, 2.75) is 56.6 Å². The summed E-state index contributed by atoms with van der Waals surface area (Å²) in [5.74, 6) is -0.130. The van der Waals surface area contributed by atoms with Gasteiger partial charge in [0.15, 0.2) is 17.2 Å². The lowest BCUT2D eigenvalue weighted by Crippen LogP contribution is -2.35. The molecule has 3 heterocycles. The van der Waals surface area contributed by atoms with E-state index in [2.05, 4.69) is 9.97 Å². The minimum Gasteiger partial charge on any atom is -0.387 e. The highest BCUT2D eigenvalue weighted by atomic mass is 31.2. The second-order valence-electron chi connectivity index (χ2n) is 6.96. The zero-order valence-corrected chi connectivity index (χ0v) is 16.8. The van der Waals surface area contributed by atoms with E-state index in [4.69, 9.17) is 15.0 Å². The highest BCUT2D eigenvalue weighted by Crippen LogP contribution is 2.57. The topological polar surface area (TPSA) is 193 Å². The van der Waals surface area contributed by atoms with Crippen LogP contribution in [0.25, 0.3) is 11.0 Å². The van der Waals surface area contributed by atoms with Gasteiger partial charge in [-0.2, -0.15) is 4.98 Å². The maximum absolute atomic E-state index is 12.4. The highest BCUT2D eigenvalue weighted by molar-refractivity contribution is 7.54. The van der Waals surface area contributed by atoms with Crippen LogP contribution in [0.4, 0.5) is 5.95 Å². The number of anilines is 1. The van der Waals surface area contributed by atoms with Crippen LogP contribution in [0.1, 0.15) is 32.9 Å². The number of nitrogen functional groups attached to an aromatic ring is 1. The van der Waals surface area contributed by atoms with Crippen LogP contribution in [-0.4, -0.2) is 65.0 Å². The van der Waals surface area contributed by atoms with E-state index in [1.165, 1.54) is 16.8 Å². The normalized spacial score (nSPS) is 27.4. The maximum Gasteiger partial charge on any atom is 0.359 e. The molecule has 1 fully saturated rings. The predicted molar refractivity (Wildman–Crippen MR) is 102 cm³/mol. The minimum absolute atomic E-state index is 0.00635. The van der Waals surface area contributed by atoms with Gasteiger partial charge in [0, 0.05) is 6.20 Å². The third-order valence-electron chi connectivity index (χ3n) is 5.28. The standard InChI is InChI=1S/C16H25N4O8P/c1-3-16(24,4-2)29(25,26)27-7-9-10(21)11(22)14(28-9)20-6-5-8-12(20)18-15(17)19-13(8)23/h5-6,9-11,14,21-22,24H,3-4,7H2,1-2H3,(H,25,26)(H3,17,18,19,23)/t9-,10-,11-,14-/m1/s1. The van der Waals surface area contributed by atoms with Gasteiger partial charge in [-0.05, 0) is 18.9 Å². The third kappa shape index (κ3) is 3.73. The first-order valence-corrected chi connectivity index (χ1v) is 10.7. The van der Waals surface area contributed by atoms with Crippen LogP contribution in [0.2, 0.25) is 0 Å². The van der Waals surface area contributed by atoms with E-state index in [0.29, 0.717) is 0 Å². The van der Waals surface area contributed by atoms with Crippen molar-refractivity contribution in [1.82, 2.24) is 14.5 Å². The molecule has 1 unspecified atom stereocenters. The third-order valence-corrected chi connectivity index (χ3v) is 7.47. The molecule has 1 saturated heterocycles. The van der Waals surface area contributed by atoms with Crippen LogP contribution in [0.3, 0.4) is 0 Å². The molecule has 29 heavy (non-hydrogen) atoms. The number of nitrogens with zero attached hydrogens (tertiary/aromatic N) is 2. The molecule has 1 aliphatic rings. The number of H-pyrrole nitrogens is 1. The van der Waals surface area contributed by atoms with Gasteiger partial charge in [0.25, 0.3) is 5.56 Å². The number of aromatic nitrogens is 3. The zero-order valence-electron chi connectivity index (χ0n) is 15.9. The maximum atomic E-state index is 12.4. The lowest BCUT2D eigenvalue weighted by atomic mass is 10.1. The Bertz CT molecular complexity index is 987. The Hall–Kier alpha value is -1.79. The second-order valence-corrected chi connectivity index (χ2v) is 9.09. The fraction of sp³-hybridized carbons (Fsp3) is 0.625. The van der Waals surface area contributed by atoms with Crippen LogP contribution in [-0.2, 0) is 13.8 Å². The number of hydrogen-bond donors (Lipinski definition) is 6. The molecule has 1 aliphatic heterocycles. The summed E-state index contributed by atoms with van der Waals surface area (Å²) >= 11 is 0. The van der Waals surface area contributed by atoms with E-state index in [1.807, 2.05) is 0 Å². The molecule has 2 aromatic heterocycles. The highest BCUT2D eigenvalue weighted by Gasteiger charge is 2.48. The second kappa shape index (κ2) is 7.80. The van der Waals surface area contributed by atoms with E-state index in [9.17, 15) is 29.6 Å². The first-order valence-electron chi connectivity index (χ1n) is 9.12. The summed E-state index contributed by atoms with van der Waals surface area (Å²) in [5.41, 5.74) is 5.24. The van der Waals surface area contributed by atoms with Gasteiger partial charge in [0.2, 0.25) is 5.95 Å². The lowest BCUT2D eigenvalue weighted by molar-refractivity contribution is -0.0511. The van der Waals surface area contributed by atoms with Gasteiger partial charge in [-0.25, -0.2) is 0 Å². The summed E-state index contributed by atoms with van der Waals surface area (Å²) < 4.78 is 24.4. The van der Waals surface area contributed by atoms with Gasteiger partial charge in [-0.15, -0.1) is 0 Å². The number of aliphatic hydroxyl groups is 3. The average molecular weight is 432 g/mol. The Morgan fingerprint density at radius 1 is 1.38 bits per heavy atom. The Kier molecular flexibility index (Phi) is 5.89. The van der Waals surface area contributed by atoms with Crippen molar-refractivity contribution in [3.8, 4) is 0 Å². The molecule has 0 radical (unpaired) electrons. The van der Waals surface area contributed by atoms with Crippen molar-refractivity contribution in [3.05, 3.63) is 22.6 Å². The van der Waals surface area contributed by atoms with E-state index in [1.54, 1.807) is 13.8 Å². The van der Waals surface area contributed by atoms with Gasteiger partial charge in [-0.3, -0.25) is 14.3 Å². The Labute approximate surface area is 165 Å². The predicted octanol–water partition coefficient (Wildman–Crippen LogP) is -0.363. The number of hydrogen-bond acceptors (Lipinski definition) is 9. The largest absolute Gasteiger partial charge is 0.387 e. The number of nitrogens with one attached hydrogen (secondary N) is 1. The van der Waals surface area contributed by atoms with Gasteiger partial charge in [0.1, 0.15) is 18.3 Å². The molecular weight excluding hydrogens is 407 g/mol. The van der Waals surface area contributed by atoms with Crippen LogP contribution in [0, 0.1) is 0 Å². The molecule has 2 aromatic rings. The summed E-state index contributed by atoms with van der Waals surface area (Å²) in [6.45, 7) is 2.56. The van der Waals surface area contributed by atoms with Gasteiger partial charge < -0.3 is 39.8 Å². The molecule has 3 rings (SSSR count). The molecule has 13 heteroatoms. The van der Waals surface area contributed by atoms with Crippen molar-refractivity contribution >= 4 is 24.6 Å². The average Bonchev–Trinajstić information content (AvgIpc) is 3.21. The van der Waals surface area contributed by atoms with Crippen LogP contribution in [0.5, 0.6) is 0 Å². The fourth-order valence-corrected chi connectivity index (χ4v) is 4.69. The van der Waals surface area contributed by atoms with Crippen LogP contribution in [0.15, 0.2) is 17.1 Å². The summed E-state index contributed by atoms with van der Waals surface area (Å²) in [4.78, 5) is 28.5. The molecule has 0 saturated carbocycles. The van der Waals surface area contributed by atoms with Gasteiger partial charge in [-0.1, -0.05) is 13.8 Å². The zero-order chi connectivity index (χ0) is 21.6. The van der Waals surface area contributed by atoms with Crippen LogP contribution < -0.4 is 11.3 Å². The van der Waals surface area contributed by atoms with Crippen molar-refractivity contribution in [2.75, 3.05) is 12.3 Å². The monoisotopic (exact) mass is 432 g/mol. The first kappa shape index (κ1) is 21.9. The van der Waals surface area contributed by atoms with E-state index >= 15 is 0 Å². The molecule has 162 valence electrons. The lowest BCUT2D eigenvalue weighted by Gasteiger charge is -2.30. The molecule has 0 aromatic carbocycles. The number of aliphatic hydroxyl groups excluding tert-OH is 2. The molecule has 7 N–H and O–H groups in total. The Balaban J connectivity index is 1.81. The molecule has 5 atom stereocenters. The Morgan fingerprint density at radius 3 is 2.66 bits per heavy atom. The summed E-state index contributed by atoms with van der Waals surface area (Å²) in [6.07, 6.45) is -3.75. The molecule has 12 nitrogen and oxygen atoms in total. The molecule has 0 spiro atoms. The number of rotatable bonds is 7. The molecule has 0 bridgehead atoms. The number of ether oxygens (including phenoxy) is 1. The quantitative estimate of drug-likeness (QED) is 0.315. The Morgan fingerprint density at radius 2 is 2.03 bits per heavy atom. The number of fused-ring (bicyclic) bond motifs is 1.